The van der Waals surface area contributed by atoms with Crippen molar-refractivity contribution in [2.45, 2.75) is 17.4 Å². The first kappa shape index (κ1) is 15.1. The van der Waals surface area contributed by atoms with E-state index in [1.54, 1.807) is 7.11 Å². The molecule has 1 aliphatic rings. The summed E-state index contributed by atoms with van der Waals surface area (Å²) < 4.78 is 16.4. The molecule has 1 aromatic heterocycles. The number of hydrogen-bond donors (Lipinski definition) is 0. The lowest BCUT2D eigenvalue weighted by Gasteiger charge is -2.01. The molecule has 3 aromatic rings. The van der Waals surface area contributed by atoms with Gasteiger partial charge in [0.25, 0.3) is 5.22 Å². The first-order valence-corrected chi connectivity index (χ1v) is 8.66. The van der Waals surface area contributed by atoms with E-state index in [1.807, 2.05) is 36.4 Å². The van der Waals surface area contributed by atoms with E-state index in [2.05, 4.69) is 16.3 Å². The van der Waals surface area contributed by atoms with Crippen LogP contribution in [0, 0.1) is 0 Å². The third-order valence-electron chi connectivity index (χ3n) is 3.86. The number of aromatic nitrogens is 2. The molecule has 0 unspecified atom stereocenters. The van der Waals surface area contributed by atoms with Crippen LogP contribution >= 0.6 is 11.8 Å². The summed E-state index contributed by atoms with van der Waals surface area (Å²) in [6, 6.07) is 13.9. The second-order valence-corrected chi connectivity index (χ2v) is 6.36. The zero-order valence-electron chi connectivity index (χ0n) is 13.2. The fourth-order valence-electron chi connectivity index (χ4n) is 2.57. The minimum atomic E-state index is 0.543. The zero-order chi connectivity index (χ0) is 16.4. The first-order valence-electron chi connectivity index (χ1n) is 7.67. The molecule has 24 heavy (non-hydrogen) atoms. The highest BCUT2D eigenvalue weighted by atomic mass is 32.2. The predicted molar refractivity (Wildman–Crippen MR) is 91.5 cm³/mol. The van der Waals surface area contributed by atoms with Crippen molar-refractivity contribution in [2.24, 2.45) is 0 Å². The molecule has 122 valence electrons. The van der Waals surface area contributed by atoms with E-state index >= 15 is 0 Å². The smallest absolute Gasteiger partial charge is 0.277 e. The number of methoxy groups -OCH3 is 1. The lowest BCUT2D eigenvalue weighted by molar-refractivity contribution is 0.357. The van der Waals surface area contributed by atoms with Crippen molar-refractivity contribution in [3.8, 4) is 23.0 Å². The number of benzene rings is 2. The van der Waals surface area contributed by atoms with Crippen LogP contribution in [0.3, 0.4) is 0 Å². The Bertz CT molecular complexity index is 846. The SMILES string of the molecule is COc1ccc(CSc2nnc(-c3ccc4c(c3)CCO4)o2)cc1. The van der Waals surface area contributed by atoms with Gasteiger partial charge < -0.3 is 13.9 Å². The van der Waals surface area contributed by atoms with Gasteiger partial charge in [-0.15, -0.1) is 10.2 Å². The average molecular weight is 340 g/mol. The van der Waals surface area contributed by atoms with Crippen LogP contribution in [-0.4, -0.2) is 23.9 Å². The standard InChI is InChI=1S/C18H16N2O3S/c1-21-15-5-2-12(3-6-15)11-24-18-20-19-17(23-18)14-4-7-16-13(10-14)8-9-22-16/h2-7,10H,8-9,11H2,1H3. The zero-order valence-corrected chi connectivity index (χ0v) is 14.0. The molecule has 0 aliphatic carbocycles. The van der Waals surface area contributed by atoms with E-state index in [0.717, 1.165) is 35.8 Å². The highest BCUT2D eigenvalue weighted by molar-refractivity contribution is 7.98. The normalized spacial score (nSPS) is 12.7. The molecule has 0 bridgehead atoms. The first-order chi connectivity index (χ1) is 11.8. The maximum Gasteiger partial charge on any atom is 0.277 e. The van der Waals surface area contributed by atoms with Gasteiger partial charge in [-0.05, 0) is 41.5 Å². The van der Waals surface area contributed by atoms with E-state index in [9.17, 15) is 0 Å². The lowest BCUT2D eigenvalue weighted by Crippen LogP contribution is -1.85. The van der Waals surface area contributed by atoms with Gasteiger partial charge >= 0.3 is 0 Å². The second kappa shape index (κ2) is 6.57. The number of rotatable bonds is 5. The van der Waals surface area contributed by atoms with Crippen molar-refractivity contribution in [1.29, 1.82) is 0 Å². The summed E-state index contributed by atoms with van der Waals surface area (Å²) in [5.74, 6) is 3.11. The van der Waals surface area contributed by atoms with Gasteiger partial charge in [0.2, 0.25) is 5.89 Å². The van der Waals surface area contributed by atoms with E-state index in [4.69, 9.17) is 13.9 Å². The summed E-state index contributed by atoms with van der Waals surface area (Å²) in [6.07, 6.45) is 0.927. The fourth-order valence-corrected chi connectivity index (χ4v) is 3.29. The molecule has 0 saturated carbocycles. The second-order valence-electron chi connectivity index (χ2n) is 5.43. The van der Waals surface area contributed by atoms with Crippen LogP contribution in [0.1, 0.15) is 11.1 Å². The number of hydrogen-bond acceptors (Lipinski definition) is 6. The molecule has 0 amide bonds. The van der Waals surface area contributed by atoms with Gasteiger partial charge in [0.05, 0.1) is 13.7 Å². The lowest BCUT2D eigenvalue weighted by atomic mass is 10.1. The highest BCUT2D eigenvalue weighted by Crippen LogP contribution is 2.31. The summed E-state index contributed by atoms with van der Waals surface area (Å²) in [6.45, 7) is 0.742. The molecular formula is C18H16N2O3S. The van der Waals surface area contributed by atoms with Gasteiger partial charge in [0.15, 0.2) is 0 Å². The van der Waals surface area contributed by atoms with Gasteiger partial charge in [-0.1, -0.05) is 23.9 Å². The van der Waals surface area contributed by atoms with Crippen LogP contribution in [0.4, 0.5) is 0 Å². The molecule has 0 radical (unpaired) electrons. The minimum Gasteiger partial charge on any atom is -0.497 e. The third-order valence-corrected chi connectivity index (χ3v) is 4.75. The van der Waals surface area contributed by atoms with Gasteiger partial charge in [0.1, 0.15) is 11.5 Å². The Hall–Kier alpha value is -2.47. The van der Waals surface area contributed by atoms with Gasteiger partial charge in [0, 0.05) is 17.7 Å². The summed E-state index contributed by atoms with van der Waals surface area (Å²) >= 11 is 1.52. The molecule has 0 saturated heterocycles. The number of thioether (sulfide) groups is 1. The number of fused-ring (bicyclic) bond motifs is 1. The largest absolute Gasteiger partial charge is 0.497 e. The molecule has 1 aliphatic heterocycles. The van der Waals surface area contributed by atoms with Crippen LogP contribution in [0.15, 0.2) is 52.1 Å². The molecule has 2 heterocycles. The van der Waals surface area contributed by atoms with Crippen LogP contribution in [0.25, 0.3) is 11.5 Å². The van der Waals surface area contributed by atoms with Crippen molar-refractivity contribution < 1.29 is 13.9 Å². The molecule has 0 fully saturated rings. The number of nitrogens with zero attached hydrogens (tertiary/aromatic N) is 2. The van der Waals surface area contributed by atoms with Crippen molar-refractivity contribution in [3.05, 3.63) is 53.6 Å². The predicted octanol–water partition coefficient (Wildman–Crippen LogP) is 3.97. The third kappa shape index (κ3) is 3.10. The Labute approximate surface area is 144 Å². The Kier molecular flexibility index (Phi) is 4.13. The van der Waals surface area contributed by atoms with E-state index < -0.39 is 0 Å². The van der Waals surface area contributed by atoms with Crippen molar-refractivity contribution in [2.75, 3.05) is 13.7 Å². The Morgan fingerprint density at radius 3 is 2.83 bits per heavy atom. The van der Waals surface area contributed by atoms with E-state index in [0.29, 0.717) is 11.1 Å². The monoisotopic (exact) mass is 340 g/mol. The van der Waals surface area contributed by atoms with Gasteiger partial charge in [-0.2, -0.15) is 0 Å². The quantitative estimate of drug-likeness (QED) is 0.655. The van der Waals surface area contributed by atoms with Gasteiger partial charge in [-0.25, -0.2) is 0 Å². The van der Waals surface area contributed by atoms with Crippen LogP contribution in [0.5, 0.6) is 11.5 Å². The molecule has 0 atom stereocenters. The Morgan fingerprint density at radius 2 is 2.00 bits per heavy atom. The summed E-state index contributed by atoms with van der Waals surface area (Å²) in [7, 11) is 1.66. The summed E-state index contributed by atoms with van der Waals surface area (Å²) in [5.41, 5.74) is 3.30. The molecule has 0 N–H and O–H groups in total. The van der Waals surface area contributed by atoms with Crippen molar-refractivity contribution in [1.82, 2.24) is 10.2 Å². The Balaban J connectivity index is 1.44. The minimum absolute atomic E-state index is 0.543. The van der Waals surface area contributed by atoms with E-state index in [1.165, 1.54) is 22.9 Å². The average Bonchev–Trinajstić information content (AvgIpc) is 3.29. The summed E-state index contributed by atoms with van der Waals surface area (Å²) in [5, 5.41) is 8.85. The van der Waals surface area contributed by atoms with Crippen molar-refractivity contribution in [3.63, 3.8) is 0 Å². The molecule has 4 rings (SSSR count). The molecule has 5 nitrogen and oxygen atoms in total. The maximum atomic E-state index is 5.77. The fraction of sp³-hybridized carbons (Fsp3) is 0.222. The molecule has 2 aromatic carbocycles. The topological polar surface area (TPSA) is 57.4 Å². The van der Waals surface area contributed by atoms with Crippen LogP contribution in [-0.2, 0) is 12.2 Å². The molecular weight excluding hydrogens is 324 g/mol. The summed E-state index contributed by atoms with van der Waals surface area (Å²) in [4.78, 5) is 0. The van der Waals surface area contributed by atoms with Crippen LogP contribution < -0.4 is 9.47 Å². The Morgan fingerprint density at radius 1 is 1.12 bits per heavy atom. The van der Waals surface area contributed by atoms with Crippen LogP contribution in [0.2, 0.25) is 0 Å². The number of ether oxygens (including phenoxy) is 2. The molecule has 6 heteroatoms. The maximum absolute atomic E-state index is 5.77. The highest BCUT2D eigenvalue weighted by Gasteiger charge is 2.15. The van der Waals surface area contributed by atoms with Crippen molar-refractivity contribution >= 4 is 11.8 Å². The van der Waals surface area contributed by atoms with Gasteiger partial charge in [-0.3, -0.25) is 0 Å². The van der Waals surface area contributed by atoms with E-state index in [-0.39, 0.29) is 0 Å². The molecule has 0 spiro atoms.